The molecular weight excluding hydrogens is 310 g/mol. The summed E-state index contributed by atoms with van der Waals surface area (Å²) >= 11 is 0. The number of aromatic nitrogens is 2. The highest BCUT2D eigenvalue weighted by Gasteiger charge is 2.51. The molecule has 2 aromatic rings. The van der Waals surface area contributed by atoms with Gasteiger partial charge in [0.25, 0.3) is 0 Å². The molecule has 124 valence electrons. The van der Waals surface area contributed by atoms with Gasteiger partial charge in [-0.1, -0.05) is 19.9 Å². The van der Waals surface area contributed by atoms with Gasteiger partial charge in [0.1, 0.15) is 23.5 Å². The van der Waals surface area contributed by atoms with Crippen LogP contribution >= 0.6 is 0 Å². The number of benzene rings is 1. The minimum atomic E-state index is -4.21. The summed E-state index contributed by atoms with van der Waals surface area (Å²) in [6.07, 6.45) is -2.96. The zero-order chi connectivity index (χ0) is 16.8. The van der Waals surface area contributed by atoms with Gasteiger partial charge in [0.2, 0.25) is 0 Å². The zero-order valence-electron chi connectivity index (χ0n) is 12.9. The highest BCUT2D eigenvalue weighted by Crippen LogP contribution is 2.46. The van der Waals surface area contributed by atoms with Gasteiger partial charge in [-0.25, -0.2) is 14.4 Å². The number of fused-ring (bicyclic) bond motifs is 1. The third-order valence-electron chi connectivity index (χ3n) is 4.52. The van der Waals surface area contributed by atoms with Gasteiger partial charge in [-0.05, 0) is 24.0 Å². The van der Waals surface area contributed by atoms with Gasteiger partial charge >= 0.3 is 6.18 Å². The molecule has 1 fully saturated rings. The van der Waals surface area contributed by atoms with Crippen LogP contribution in [0.5, 0.6) is 0 Å². The van der Waals surface area contributed by atoms with Crippen LogP contribution < -0.4 is 4.90 Å². The maximum absolute atomic E-state index is 13.8. The summed E-state index contributed by atoms with van der Waals surface area (Å²) in [4.78, 5) is 9.92. The smallest absolute Gasteiger partial charge is 0.355 e. The van der Waals surface area contributed by atoms with Crippen LogP contribution in [0.4, 0.5) is 23.4 Å². The van der Waals surface area contributed by atoms with Crippen molar-refractivity contribution in [1.29, 1.82) is 0 Å². The minimum absolute atomic E-state index is 0.00267. The third-order valence-corrected chi connectivity index (χ3v) is 4.52. The van der Waals surface area contributed by atoms with E-state index in [4.69, 9.17) is 0 Å². The van der Waals surface area contributed by atoms with Crippen LogP contribution in [0.3, 0.4) is 0 Å². The van der Waals surface area contributed by atoms with Crippen molar-refractivity contribution >= 4 is 16.7 Å². The predicted molar refractivity (Wildman–Crippen MR) is 79.7 cm³/mol. The van der Waals surface area contributed by atoms with E-state index in [0.29, 0.717) is 11.2 Å². The number of halogens is 4. The van der Waals surface area contributed by atoms with E-state index in [2.05, 4.69) is 9.97 Å². The van der Waals surface area contributed by atoms with Crippen molar-refractivity contribution < 1.29 is 17.6 Å². The Bertz CT molecular complexity index is 727. The van der Waals surface area contributed by atoms with Crippen LogP contribution in [0.1, 0.15) is 20.3 Å². The fraction of sp³-hybridized carbons (Fsp3) is 0.500. The molecule has 2 heterocycles. The standard InChI is InChI=1S/C16H17F4N3/c1-15(2)8-23(7-6-12(15)16(18,19)20)14-10-4-3-5-11(17)13(10)21-9-22-14/h3-5,9,12H,6-8H2,1-2H3. The summed E-state index contributed by atoms with van der Waals surface area (Å²) in [7, 11) is 0. The lowest BCUT2D eigenvalue weighted by atomic mass is 9.73. The molecule has 1 aliphatic heterocycles. The van der Waals surface area contributed by atoms with E-state index in [0.717, 1.165) is 0 Å². The third kappa shape index (κ3) is 2.84. The summed E-state index contributed by atoms with van der Waals surface area (Å²) in [6.45, 7) is 3.67. The van der Waals surface area contributed by atoms with E-state index >= 15 is 0 Å². The van der Waals surface area contributed by atoms with Crippen molar-refractivity contribution in [3.05, 3.63) is 30.3 Å². The van der Waals surface area contributed by atoms with Crippen LogP contribution in [-0.4, -0.2) is 29.2 Å². The van der Waals surface area contributed by atoms with Crippen molar-refractivity contribution in [2.75, 3.05) is 18.0 Å². The molecule has 1 aromatic heterocycles. The van der Waals surface area contributed by atoms with Gasteiger partial charge in [0.05, 0.1) is 5.92 Å². The number of nitrogens with zero attached hydrogens (tertiary/aromatic N) is 3. The first kappa shape index (κ1) is 16.0. The Balaban J connectivity index is 1.98. The Morgan fingerprint density at radius 2 is 1.96 bits per heavy atom. The molecule has 0 amide bonds. The van der Waals surface area contributed by atoms with Crippen molar-refractivity contribution in [2.45, 2.75) is 26.4 Å². The molecule has 1 aromatic carbocycles. The maximum Gasteiger partial charge on any atom is 0.392 e. The molecule has 23 heavy (non-hydrogen) atoms. The summed E-state index contributed by atoms with van der Waals surface area (Å²) in [5.41, 5.74) is -0.755. The van der Waals surface area contributed by atoms with Crippen molar-refractivity contribution in [3.63, 3.8) is 0 Å². The van der Waals surface area contributed by atoms with Gasteiger partial charge in [-0.2, -0.15) is 13.2 Å². The van der Waals surface area contributed by atoms with E-state index in [9.17, 15) is 17.6 Å². The summed E-state index contributed by atoms with van der Waals surface area (Å²) < 4.78 is 53.4. The maximum atomic E-state index is 13.8. The van der Waals surface area contributed by atoms with Gasteiger partial charge in [-0.3, -0.25) is 0 Å². The lowest BCUT2D eigenvalue weighted by Gasteiger charge is -2.45. The Morgan fingerprint density at radius 3 is 2.61 bits per heavy atom. The predicted octanol–water partition coefficient (Wildman–Crippen LogP) is 4.18. The normalized spacial score (nSPS) is 21.7. The number of hydrogen-bond donors (Lipinski definition) is 0. The fourth-order valence-electron chi connectivity index (χ4n) is 3.43. The second-order valence-corrected chi connectivity index (χ2v) is 6.63. The average Bonchev–Trinajstić information content (AvgIpc) is 2.44. The van der Waals surface area contributed by atoms with Crippen LogP contribution in [-0.2, 0) is 0 Å². The van der Waals surface area contributed by atoms with Crippen LogP contribution in [0.25, 0.3) is 10.9 Å². The van der Waals surface area contributed by atoms with Gasteiger partial charge in [0.15, 0.2) is 0 Å². The van der Waals surface area contributed by atoms with Crippen molar-refractivity contribution in [2.24, 2.45) is 11.3 Å². The number of hydrogen-bond acceptors (Lipinski definition) is 3. The van der Waals surface area contributed by atoms with Crippen molar-refractivity contribution in [1.82, 2.24) is 9.97 Å². The summed E-state index contributed by atoms with van der Waals surface area (Å²) in [5, 5.41) is 0.522. The molecule has 0 radical (unpaired) electrons. The Morgan fingerprint density at radius 1 is 1.22 bits per heavy atom. The Labute approximate surface area is 131 Å². The lowest BCUT2D eigenvalue weighted by molar-refractivity contribution is -0.206. The molecule has 0 saturated carbocycles. The Hall–Kier alpha value is -1.92. The SMILES string of the molecule is CC1(C)CN(c2ncnc3c(F)cccc23)CCC1C(F)(F)F. The molecule has 3 nitrogen and oxygen atoms in total. The molecular formula is C16H17F4N3. The molecule has 1 saturated heterocycles. The van der Waals surface area contributed by atoms with Crippen LogP contribution in [0.2, 0.25) is 0 Å². The van der Waals surface area contributed by atoms with Gasteiger partial charge in [-0.15, -0.1) is 0 Å². The van der Waals surface area contributed by atoms with E-state index < -0.39 is 23.3 Å². The molecule has 0 bridgehead atoms. The molecule has 1 unspecified atom stereocenters. The number of rotatable bonds is 1. The largest absolute Gasteiger partial charge is 0.392 e. The topological polar surface area (TPSA) is 29.0 Å². The van der Waals surface area contributed by atoms with Crippen LogP contribution in [0.15, 0.2) is 24.5 Å². The number of alkyl halides is 3. The molecule has 0 aliphatic carbocycles. The quantitative estimate of drug-likeness (QED) is 0.736. The first-order valence-corrected chi connectivity index (χ1v) is 7.41. The van der Waals surface area contributed by atoms with Gasteiger partial charge in [0, 0.05) is 18.5 Å². The minimum Gasteiger partial charge on any atom is -0.355 e. The first-order valence-electron chi connectivity index (χ1n) is 7.41. The lowest BCUT2D eigenvalue weighted by Crippen LogP contribution is -2.51. The summed E-state index contributed by atoms with van der Waals surface area (Å²) in [6, 6.07) is 4.55. The highest BCUT2D eigenvalue weighted by atomic mass is 19.4. The van der Waals surface area contributed by atoms with E-state index in [-0.39, 0.29) is 25.0 Å². The second kappa shape index (κ2) is 5.32. The molecule has 1 aliphatic rings. The molecule has 3 rings (SSSR count). The Kier molecular flexibility index (Phi) is 3.69. The van der Waals surface area contributed by atoms with Crippen LogP contribution in [0, 0.1) is 17.2 Å². The number of para-hydroxylation sites is 1. The van der Waals surface area contributed by atoms with Gasteiger partial charge < -0.3 is 4.90 Å². The monoisotopic (exact) mass is 327 g/mol. The van der Waals surface area contributed by atoms with E-state index in [1.54, 1.807) is 30.9 Å². The molecule has 0 N–H and O–H groups in total. The average molecular weight is 327 g/mol. The number of piperidine rings is 1. The number of anilines is 1. The first-order chi connectivity index (χ1) is 10.7. The second-order valence-electron chi connectivity index (χ2n) is 6.63. The van der Waals surface area contributed by atoms with Crippen molar-refractivity contribution in [3.8, 4) is 0 Å². The molecule has 0 spiro atoms. The summed E-state index contributed by atoms with van der Waals surface area (Å²) in [5.74, 6) is -1.32. The van der Waals surface area contributed by atoms with E-state index in [1.807, 2.05) is 0 Å². The zero-order valence-corrected chi connectivity index (χ0v) is 12.9. The molecule has 1 atom stereocenters. The van der Waals surface area contributed by atoms with E-state index in [1.165, 1.54) is 12.4 Å². The molecule has 7 heteroatoms. The highest BCUT2D eigenvalue weighted by molar-refractivity contribution is 5.89. The fourth-order valence-corrected chi connectivity index (χ4v) is 3.43.